The fourth-order valence-electron chi connectivity index (χ4n) is 3.01. The van der Waals surface area contributed by atoms with Crippen LogP contribution in [0.25, 0.3) is 0 Å². The van der Waals surface area contributed by atoms with Crippen molar-refractivity contribution >= 4 is 0 Å². The van der Waals surface area contributed by atoms with Gasteiger partial charge in [-0.15, -0.1) is 0 Å². The Balaban J connectivity index is 1.52. The summed E-state index contributed by atoms with van der Waals surface area (Å²) >= 11 is 0. The molecule has 6 heteroatoms. The van der Waals surface area contributed by atoms with Gasteiger partial charge in [-0.2, -0.15) is 5.10 Å². The largest absolute Gasteiger partial charge is 0.493 e. The molecule has 1 N–H and O–H groups in total. The fraction of sp³-hybridized carbons (Fsp3) is 0.467. The smallest absolute Gasteiger partial charge is 0.346 e. The highest BCUT2D eigenvalue weighted by atomic mass is 16.5. The van der Waals surface area contributed by atoms with E-state index in [9.17, 15) is 4.79 Å². The van der Waals surface area contributed by atoms with Crippen LogP contribution in [0.15, 0.2) is 23.0 Å². The molecular formula is C15H18N4O2. The Labute approximate surface area is 122 Å². The van der Waals surface area contributed by atoms with Crippen LogP contribution < -0.4 is 15.7 Å². The highest BCUT2D eigenvalue weighted by molar-refractivity contribution is 5.39. The molecule has 1 aromatic heterocycles. The van der Waals surface area contributed by atoms with Crippen LogP contribution in [-0.2, 0) is 32.5 Å². The predicted molar refractivity (Wildman–Crippen MR) is 77.5 cm³/mol. The molecular weight excluding hydrogens is 268 g/mol. The molecule has 110 valence electrons. The van der Waals surface area contributed by atoms with Crippen molar-refractivity contribution in [3.63, 3.8) is 0 Å². The van der Waals surface area contributed by atoms with Crippen LogP contribution >= 0.6 is 0 Å². The van der Waals surface area contributed by atoms with E-state index in [1.54, 1.807) is 9.25 Å². The van der Waals surface area contributed by atoms with Crippen molar-refractivity contribution in [2.45, 2.75) is 32.5 Å². The van der Waals surface area contributed by atoms with E-state index < -0.39 is 0 Å². The summed E-state index contributed by atoms with van der Waals surface area (Å²) in [5.74, 6) is 1.84. The number of hydrogen-bond donors (Lipinski definition) is 1. The first kappa shape index (κ1) is 12.6. The molecule has 2 aliphatic heterocycles. The molecule has 3 heterocycles. The molecule has 0 fully saturated rings. The van der Waals surface area contributed by atoms with Crippen molar-refractivity contribution in [1.82, 2.24) is 19.7 Å². The van der Waals surface area contributed by atoms with E-state index in [2.05, 4.69) is 22.5 Å². The Morgan fingerprint density at radius 1 is 1.38 bits per heavy atom. The number of aromatic nitrogens is 3. The Morgan fingerprint density at radius 3 is 3.24 bits per heavy atom. The van der Waals surface area contributed by atoms with Crippen LogP contribution in [0.5, 0.6) is 5.75 Å². The molecule has 0 bridgehead atoms. The second-order valence-corrected chi connectivity index (χ2v) is 5.54. The second kappa shape index (κ2) is 5.04. The van der Waals surface area contributed by atoms with E-state index in [4.69, 9.17) is 4.74 Å². The van der Waals surface area contributed by atoms with Crippen LogP contribution in [0.2, 0.25) is 0 Å². The Bertz CT molecular complexity index is 732. The summed E-state index contributed by atoms with van der Waals surface area (Å²) in [6.07, 6.45) is 1.80. The van der Waals surface area contributed by atoms with Crippen molar-refractivity contribution in [3.05, 3.63) is 45.6 Å². The van der Waals surface area contributed by atoms with Gasteiger partial charge in [0.25, 0.3) is 0 Å². The molecule has 0 aliphatic carbocycles. The molecule has 2 aliphatic rings. The zero-order valence-electron chi connectivity index (χ0n) is 11.8. The third-order valence-corrected chi connectivity index (χ3v) is 4.16. The summed E-state index contributed by atoms with van der Waals surface area (Å²) in [6.45, 7) is 3.63. The van der Waals surface area contributed by atoms with Crippen LogP contribution in [0.1, 0.15) is 17.0 Å². The molecule has 0 amide bonds. The van der Waals surface area contributed by atoms with E-state index in [1.807, 2.05) is 6.07 Å². The molecule has 4 rings (SSSR count). The normalized spacial score (nSPS) is 16.4. The van der Waals surface area contributed by atoms with Crippen molar-refractivity contribution in [1.29, 1.82) is 0 Å². The second-order valence-electron chi connectivity index (χ2n) is 5.54. The first-order chi connectivity index (χ1) is 10.3. The molecule has 2 aromatic rings. The Hall–Kier alpha value is -2.08. The van der Waals surface area contributed by atoms with Crippen molar-refractivity contribution in [2.24, 2.45) is 0 Å². The molecule has 0 atom stereocenters. The summed E-state index contributed by atoms with van der Waals surface area (Å²) in [7, 11) is 0. The maximum absolute atomic E-state index is 12.2. The minimum Gasteiger partial charge on any atom is -0.493 e. The first-order valence-corrected chi connectivity index (χ1v) is 7.43. The molecule has 0 unspecified atom stereocenters. The number of nitrogens with one attached hydrogen (secondary N) is 1. The van der Waals surface area contributed by atoms with Crippen LogP contribution in [0.3, 0.4) is 0 Å². The highest BCUT2D eigenvalue weighted by Gasteiger charge is 2.16. The van der Waals surface area contributed by atoms with Gasteiger partial charge in [-0.05, 0) is 23.6 Å². The SMILES string of the molecule is O=c1n(CCc2ccc3c(c2)CCO3)nc2n1CCNC2. The maximum Gasteiger partial charge on any atom is 0.346 e. The number of benzene rings is 1. The van der Waals surface area contributed by atoms with Gasteiger partial charge < -0.3 is 10.1 Å². The van der Waals surface area contributed by atoms with Gasteiger partial charge in [0, 0.05) is 19.5 Å². The molecule has 0 saturated heterocycles. The van der Waals surface area contributed by atoms with Crippen LogP contribution in [0, 0.1) is 0 Å². The quantitative estimate of drug-likeness (QED) is 0.883. The third-order valence-electron chi connectivity index (χ3n) is 4.16. The topological polar surface area (TPSA) is 61.1 Å². The fourth-order valence-corrected chi connectivity index (χ4v) is 3.01. The standard InChI is InChI=1S/C15H18N4O2/c20-15-18-7-5-16-10-14(18)17-19(15)6-3-11-1-2-13-12(9-11)4-8-21-13/h1-2,9,16H,3-8,10H2. The number of rotatable bonds is 3. The van der Waals surface area contributed by atoms with Crippen molar-refractivity contribution in [3.8, 4) is 5.75 Å². The number of ether oxygens (including phenoxy) is 1. The lowest BCUT2D eigenvalue weighted by molar-refractivity contribution is 0.357. The van der Waals surface area contributed by atoms with Gasteiger partial charge in [-0.25, -0.2) is 9.48 Å². The summed E-state index contributed by atoms with van der Waals surface area (Å²) in [6, 6.07) is 6.29. The lowest BCUT2D eigenvalue weighted by Gasteiger charge is -2.11. The van der Waals surface area contributed by atoms with Crippen LogP contribution in [-0.4, -0.2) is 27.5 Å². The predicted octanol–water partition coefficient (Wildman–Crippen LogP) is 0.326. The molecule has 0 saturated carbocycles. The van der Waals surface area contributed by atoms with Crippen molar-refractivity contribution in [2.75, 3.05) is 13.2 Å². The van der Waals surface area contributed by atoms with Gasteiger partial charge in [-0.1, -0.05) is 12.1 Å². The summed E-state index contributed by atoms with van der Waals surface area (Å²) in [5, 5.41) is 7.65. The Kier molecular flexibility index (Phi) is 3.03. The summed E-state index contributed by atoms with van der Waals surface area (Å²) in [5.41, 5.74) is 2.51. The average Bonchev–Trinajstić information content (AvgIpc) is 3.10. The zero-order chi connectivity index (χ0) is 14.2. The lowest BCUT2D eigenvalue weighted by Crippen LogP contribution is -2.34. The van der Waals surface area contributed by atoms with Gasteiger partial charge in [0.1, 0.15) is 11.6 Å². The lowest BCUT2D eigenvalue weighted by atomic mass is 10.1. The number of fused-ring (bicyclic) bond motifs is 2. The van der Waals surface area contributed by atoms with E-state index in [0.29, 0.717) is 19.6 Å². The van der Waals surface area contributed by atoms with Gasteiger partial charge >= 0.3 is 5.69 Å². The van der Waals surface area contributed by atoms with Gasteiger partial charge in [0.05, 0.1) is 19.7 Å². The zero-order valence-corrected chi connectivity index (χ0v) is 11.8. The molecule has 6 nitrogen and oxygen atoms in total. The van der Waals surface area contributed by atoms with E-state index in [1.165, 1.54) is 11.1 Å². The molecule has 21 heavy (non-hydrogen) atoms. The average molecular weight is 286 g/mol. The molecule has 0 radical (unpaired) electrons. The van der Waals surface area contributed by atoms with Gasteiger partial charge in [0.15, 0.2) is 0 Å². The first-order valence-electron chi connectivity index (χ1n) is 7.43. The third kappa shape index (κ3) is 2.25. The summed E-state index contributed by atoms with van der Waals surface area (Å²) < 4.78 is 8.87. The monoisotopic (exact) mass is 286 g/mol. The minimum atomic E-state index is 0.0102. The summed E-state index contributed by atoms with van der Waals surface area (Å²) in [4.78, 5) is 12.2. The maximum atomic E-state index is 12.2. The molecule has 1 aromatic carbocycles. The number of nitrogens with zero attached hydrogens (tertiary/aromatic N) is 3. The Morgan fingerprint density at radius 2 is 2.33 bits per heavy atom. The highest BCUT2D eigenvalue weighted by Crippen LogP contribution is 2.26. The van der Waals surface area contributed by atoms with Crippen molar-refractivity contribution < 1.29 is 4.74 Å². The number of hydrogen-bond acceptors (Lipinski definition) is 4. The van der Waals surface area contributed by atoms with Gasteiger partial charge in [0.2, 0.25) is 0 Å². The van der Waals surface area contributed by atoms with E-state index in [-0.39, 0.29) is 5.69 Å². The van der Waals surface area contributed by atoms with E-state index >= 15 is 0 Å². The van der Waals surface area contributed by atoms with Crippen LogP contribution in [0.4, 0.5) is 0 Å². The molecule has 0 spiro atoms. The number of aryl methyl sites for hydroxylation is 2. The van der Waals surface area contributed by atoms with Gasteiger partial charge in [-0.3, -0.25) is 4.57 Å². The van der Waals surface area contributed by atoms with E-state index in [0.717, 1.165) is 37.6 Å². The minimum absolute atomic E-state index is 0.0102.